The van der Waals surface area contributed by atoms with Crippen LogP contribution >= 0.6 is 0 Å². The smallest absolute Gasteiger partial charge is 0.308 e. The van der Waals surface area contributed by atoms with Gasteiger partial charge < -0.3 is 9.84 Å². The molecule has 0 amide bonds. The molecule has 1 N–H and O–H groups in total. The number of aliphatic carboxylic acids is 1. The molecule has 3 nitrogen and oxygen atoms in total. The Morgan fingerprint density at radius 2 is 1.81 bits per heavy atom. The third-order valence-electron chi connectivity index (χ3n) is 2.71. The van der Waals surface area contributed by atoms with Gasteiger partial charge in [-0.25, -0.2) is 0 Å². The van der Waals surface area contributed by atoms with E-state index in [9.17, 15) is 4.79 Å². The fraction of sp³-hybridized carbons (Fsp3) is 0.923. The molecule has 0 saturated carbocycles. The van der Waals surface area contributed by atoms with Gasteiger partial charge in [0.25, 0.3) is 0 Å². The first-order valence-corrected chi connectivity index (χ1v) is 6.38. The van der Waals surface area contributed by atoms with Gasteiger partial charge in [-0.05, 0) is 19.3 Å². The average Bonchev–Trinajstić information content (AvgIpc) is 2.21. The largest absolute Gasteiger partial charge is 0.481 e. The average molecular weight is 230 g/mol. The first-order valence-electron chi connectivity index (χ1n) is 6.38. The van der Waals surface area contributed by atoms with Crippen molar-refractivity contribution >= 4 is 5.97 Å². The quantitative estimate of drug-likeness (QED) is 0.585. The Labute approximate surface area is 99.2 Å². The second-order valence-corrected chi connectivity index (χ2v) is 4.73. The van der Waals surface area contributed by atoms with Gasteiger partial charge in [-0.2, -0.15) is 0 Å². The van der Waals surface area contributed by atoms with Crippen LogP contribution in [-0.2, 0) is 9.53 Å². The molecule has 1 atom stereocenters. The van der Waals surface area contributed by atoms with Crippen molar-refractivity contribution in [2.75, 3.05) is 13.2 Å². The van der Waals surface area contributed by atoms with Gasteiger partial charge in [0.15, 0.2) is 0 Å². The maximum absolute atomic E-state index is 10.9. The van der Waals surface area contributed by atoms with E-state index in [1.54, 1.807) is 0 Å². The van der Waals surface area contributed by atoms with Crippen LogP contribution in [0.1, 0.15) is 52.9 Å². The van der Waals surface area contributed by atoms with E-state index in [2.05, 4.69) is 13.8 Å². The number of ether oxygens (including phenoxy) is 1. The molecule has 0 heterocycles. The van der Waals surface area contributed by atoms with E-state index >= 15 is 0 Å². The molecule has 0 aromatic heterocycles. The summed E-state index contributed by atoms with van der Waals surface area (Å²) in [5, 5.41) is 8.96. The number of carboxylic acid groups (broad SMARTS) is 1. The highest BCUT2D eigenvalue weighted by Gasteiger charge is 2.16. The maximum Gasteiger partial charge on any atom is 0.308 e. The van der Waals surface area contributed by atoms with E-state index in [4.69, 9.17) is 9.84 Å². The zero-order valence-corrected chi connectivity index (χ0v) is 10.9. The predicted octanol–water partition coefficient (Wildman–Crippen LogP) is 3.33. The van der Waals surface area contributed by atoms with Crippen LogP contribution < -0.4 is 0 Å². The minimum absolute atomic E-state index is 0.320. The van der Waals surface area contributed by atoms with Crippen LogP contribution in [0.15, 0.2) is 0 Å². The van der Waals surface area contributed by atoms with Crippen molar-refractivity contribution in [3.8, 4) is 0 Å². The van der Waals surface area contributed by atoms with Crippen LogP contribution in [0.2, 0.25) is 0 Å². The highest BCUT2D eigenvalue weighted by molar-refractivity contribution is 5.70. The Hall–Kier alpha value is -0.570. The Balaban J connectivity index is 3.56. The second kappa shape index (κ2) is 9.64. The zero-order valence-electron chi connectivity index (χ0n) is 10.9. The van der Waals surface area contributed by atoms with Crippen LogP contribution in [0.3, 0.4) is 0 Å². The summed E-state index contributed by atoms with van der Waals surface area (Å²) < 4.78 is 5.17. The van der Waals surface area contributed by atoms with Crippen LogP contribution in [0.25, 0.3) is 0 Å². The topological polar surface area (TPSA) is 46.5 Å². The number of hydrogen-bond acceptors (Lipinski definition) is 2. The van der Waals surface area contributed by atoms with Crippen molar-refractivity contribution in [3.63, 3.8) is 0 Å². The van der Waals surface area contributed by atoms with Gasteiger partial charge in [0.1, 0.15) is 0 Å². The number of carboxylic acids is 1. The van der Waals surface area contributed by atoms with Crippen molar-refractivity contribution in [1.29, 1.82) is 0 Å². The van der Waals surface area contributed by atoms with Gasteiger partial charge in [0.05, 0.1) is 12.5 Å². The Bertz CT molecular complexity index is 178. The lowest BCUT2D eigenvalue weighted by atomic mass is 9.99. The Morgan fingerprint density at radius 1 is 1.19 bits per heavy atom. The number of unbranched alkanes of at least 4 members (excludes halogenated alkanes) is 2. The van der Waals surface area contributed by atoms with Crippen molar-refractivity contribution in [2.24, 2.45) is 11.8 Å². The minimum atomic E-state index is -0.725. The van der Waals surface area contributed by atoms with Crippen LogP contribution in [0.4, 0.5) is 0 Å². The summed E-state index contributed by atoms with van der Waals surface area (Å²) in [4.78, 5) is 10.9. The van der Waals surface area contributed by atoms with Crippen LogP contribution in [0.5, 0.6) is 0 Å². The maximum atomic E-state index is 10.9. The molecule has 0 aromatic rings. The molecule has 0 radical (unpaired) electrons. The van der Waals surface area contributed by atoms with Gasteiger partial charge in [0.2, 0.25) is 0 Å². The third-order valence-corrected chi connectivity index (χ3v) is 2.71. The van der Waals surface area contributed by atoms with Crippen molar-refractivity contribution in [2.45, 2.75) is 52.9 Å². The summed E-state index contributed by atoms with van der Waals surface area (Å²) in [6.45, 7) is 7.28. The molecule has 16 heavy (non-hydrogen) atoms. The van der Waals surface area contributed by atoms with E-state index in [0.29, 0.717) is 13.2 Å². The molecule has 0 rings (SSSR count). The van der Waals surface area contributed by atoms with E-state index in [1.807, 2.05) is 6.92 Å². The van der Waals surface area contributed by atoms with Crippen molar-refractivity contribution < 1.29 is 14.6 Å². The lowest BCUT2D eigenvalue weighted by Crippen LogP contribution is -2.19. The molecular formula is C13H26O3. The first kappa shape index (κ1) is 15.4. The molecule has 0 aliphatic heterocycles. The molecule has 0 fully saturated rings. The normalized spacial score (nSPS) is 13.0. The van der Waals surface area contributed by atoms with Gasteiger partial charge in [0, 0.05) is 6.61 Å². The Kier molecular flexibility index (Phi) is 9.30. The van der Waals surface area contributed by atoms with Crippen LogP contribution in [0, 0.1) is 11.8 Å². The van der Waals surface area contributed by atoms with Crippen LogP contribution in [-0.4, -0.2) is 24.3 Å². The molecule has 0 aromatic carbocycles. The SMILES string of the molecule is CCOCC(CCCCCC(C)C)C(=O)O. The summed E-state index contributed by atoms with van der Waals surface area (Å²) in [7, 11) is 0. The minimum Gasteiger partial charge on any atom is -0.481 e. The fourth-order valence-corrected chi connectivity index (χ4v) is 1.66. The summed E-state index contributed by atoms with van der Waals surface area (Å²) in [5.74, 6) is -0.296. The highest BCUT2D eigenvalue weighted by atomic mass is 16.5. The highest BCUT2D eigenvalue weighted by Crippen LogP contribution is 2.14. The molecule has 0 spiro atoms. The number of rotatable bonds is 10. The monoisotopic (exact) mass is 230 g/mol. The van der Waals surface area contributed by atoms with Crippen molar-refractivity contribution in [1.82, 2.24) is 0 Å². The zero-order chi connectivity index (χ0) is 12.4. The Morgan fingerprint density at radius 3 is 2.31 bits per heavy atom. The molecule has 0 bridgehead atoms. The van der Waals surface area contributed by atoms with E-state index in [1.165, 1.54) is 12.8 Å². The standard InChI is InChI=1S/C13H26O3/c1-4-16-10-12(13(14)15)9-7-5-6-8-11(2)3/h11-12H,4-10H2,1-3H3,(H,14,15). The lowest BCUT2D eigenvalue weighted by Gasteiger charge is -2.12. The summed E-state index contributed by atoms with van der Waals surface area (Å²) in [6.07, 6.45) is 5.32. The van der Waals surface area contributed by atoms with Crippen molar-refractivity contribution in [3.05, 3.63) is 0 Å². The lowest BCUT2D eigenvalue weighted by molar-refractivity contribution is -0.144. The summed E-state index contributed by atoms with van der Waals surface area (Å²) in [6, 6.07) is 0. The number of carbonyl (C=O) groups is 1. The third kappa shape index (κ3) is 8.72. The predicted molar refractivity (Wildman–Crippen MR) is 65.5 cm³/mol. The molecule has 3 heteroatoms. The molecule has 0 aliphatic carbocycles. The van der Waals surface area contributed by atoms with E-state index in [-0.39, 0.29) is 5.92 Å². The second-order valence-electron chi connectivity index (χ2n) is 4.73. The van der Waals surface area contributed by atoms with E-state index in [0.717, 1.165) is 25.2 Å². The first-order chi connectivity index (χ1) is 7.57. The van der Waals surface area contributed by atoms with Gasteiger partial charge >= 0.3 is 5.97 Å². The van der Waals surface area contributed by atoms with E-state index < -0.39 is 5.97 Å². The molecule has 0 aliphatic rings. The molecule has 1 unspecified atom stereocenters. The molecular weight excluding hydrogens is 204 g/mol. The molecule has 0 saturated heterocycles. The molecule has 96 valence electrons. The number of hydrogen-bond donors (Lipinski definition) is 1. The summed E-state index contributed by atoms with van der Waals surface area (Å²) >= 11 is 0. The summed E-state index contributed by atoms with van der Waals surface area (Å²) in [5.41, 5.74) is 0. The fourth-order valence-electron chi connectivity index (χ4n) is 1.66. The van der Waals surface area contributed by atoms with Gasteiger partial charge in [-0.1, -0.05) is 39.5 Å². The van der Waals surface area contributed by atoms with Gasteiger partial charge in [-0.3, -0.25) is 4.79 Å². The van der Waals surface area contributed by atoms with Gasteiger partial charge in [-0.15, -0.1) is 0 Å².